The quantitative estimate of drug-likeness (QED) is 0.737. The first-order valence-electron chi connectivity index (χ1n) is 7.80. The van der Waals surface area contributed by atoms with Crippen LogP contribution in [0, 0.1) is 0 Å². The van der Waals surface area contributed by atoms with Crippen LogP contribution in [0.1, 0.15) is 40.0 Å². The van der Waals surface area contributed by atoms with Gasteiger partial charge in [0.05, 0.1) is 0 Å². The number of rotatable bonds is 7. The smallest absolute Gasteiger partial charge is 0.323 e. The highest BCUT2D eigenvalue weighted by molar-refractivity contribution is 5.78. The van der Waals surface area contributed by atoms with Crippen LogP contribution >= 0.6 is 0 Å². The summed E-state index contributed by atoms with van der Waals surface area (Å²) in [7, 11) is 2.16. The molecule has 1 fully saturated rings. The molecule has 1 aliphatic heterocycles. The summed E-state index contributed by atoms with van der Waals surface area (Å²) in [5.74, 6) is -0.745. The van der Waals surface area contributed by atoms with Crippen molar-refractivity contribution in [2.75, 3.05) is 39.8 Å². The summed E-state index contributed by atoms with van der Waals surface area (Å²) >= 11 is 0. The Labute approximate surface area is 123 Å². The summed E-state index contributed by atoms with van der Waals surface area (Å²) in [6.07, 6.45) is 2.76. The molecule has 0 bridgehead atoms. The number of carbonyl (C=O) groups is 1. The van der Waals surface area contributed by atoms with Crippen molar-refractivity contribution in [1.29, 1.82) is 0 Å². The highest BCUT2D eigenvalue weighted by Gasteiger charge is 2.33. The third-order valence-corrected chi connectivity index (χ3v) is 4.32. The molecule has 20 heavy (non-hydrogen) atoms. The van der Waals surface area contributed by atoms with Crippen molar-refractivity contribution in [2.45, 2.75) is 51.6 Å². The topological polar surface area (TPSA) is 55.8 Å². The summed E-state index contributed by atoms with van der Waals surface area (Å²) < 4.78 is 0. The van der Waals surface area contributed by atoms with Gasteiger partial charge in [-0.2, -0.15) is 0 Å². The van der Waals surface area contributed by atoms with Crippen molar-refractivity contribution in [3.8, 4) is 0 Å². The Morgan fingerprint density at radius 2 is 2.15 bits per heavy atom. The number of nitrogens with one attached hydrogen (secondary N) is 1. The van der Waals surface area contributed by atoms with E-state index in [0.717, 1.165) is 45.6 Å². The fourth-order valence-corrected chi connectivity index (χ4v) is 2.79. The molecule has 1 heterocycles. The molecule has 0 aromatic heterocycles. The van der Waals surface area contributed by atoms with E-state index >= 15 is 0 Å². The van der Waals surface area contributed by atoms with Gasteiger partial charge in [-0.25, -0.2) is 0 Å². The van der Waals surface area contributed by atoms with Crippen molar-refractivity contribution in [2.24, 2.45) is 0 Å². The average molecular weight is 285 g/mol. The van der Waals surface area contributed by atoms with E-state index in [1.165, 1.54) is 0 Å². The summed E-state index contributed by atoms with van der Waals surface area (Å²) in [6, 6.07) is 0.492. The molecule has 0 saturated carbocycles. The largest absolute Gasteiger partial charge is 0.480 e. The van der Waals surface area contributed by atoms with E-state index in [1.54, 1.807) is 6.92 Å². The monoisotopic (exact) mass is 285 g/mol. The fourth-order valence-electron chi connectivity index (χ4n) is 2.79. The van der Waals surface area contributed by atoms with E-state index in [9.17, 15) is 9.90 Å². The van der Waals surface area contributed by atoms with Crippen LogP contribution in [-0.4, -0.2) is 72.2 Å². The lowest BCUT2D eigenvalue weighted by Gasteiger charge is -2.32. The zero-order valence-electron chi connectivity index (χ0n) is 13.5. The zero-order chi connectivity index (χ0) is 15.2. The van der Waals surface area contributed by atoms with Gasteiger partial charge in [0.2, 0.25) is 0 Å². The molecule has 0 radical (unpaired) electrons. The standard InChI is InChI=1S/C15H31N3O2/c1-5-8-16-15(3,14(19)20)7-11-18-10-6-9-17(4)12-13(18)2/h13,16H,5-12H2,1-4H3,(H,19,20). The van der Waals surface area contributed by atoms with Crippen molar-refractivity contribution in [3.05, 3.63) is 0 Å². The predicted octanol–water partition coefficient (Wildman–Crippen LogP) is 1.25. The summed E-state index contributed by atoms with van der Waals surface area (Å²) in [4.78, 5) is 16.3. The minimum absolute atomic E-state index is 0.492. The maximum Gasteiger partial charge on any atom is 0.323 e. The minimum atomic E-state index is -0.812. The first kappa shape index (κ1) is 17.4. The van der Waals surface area contributed by atoms with Gasteiger partial charge < -0.3 is 15.3 Å². The van der Waals surface area contributed by atoms with E-state index in [4.69, 9.17) is 0 Å². The lowest BCUT2D eigenvalue weighted by Crippen LogP contribution is -2.52. The third kappa shape index (κ3) is 5.04. The number of carboxylic acids is 1. The zero-order valence-corrected chi connectivity index (χ0v) is 13.5. The predicted molar refractivity (Wildman–Crippen MR) is 82.1 cm³/mol. The van der Waals surface area contributed by atoms with Crippen molar-refractivity contribution in [1.82, 2.24) is 15.1 Å². The molecule has 118 valence electrons. The maximum atomic E-state index is 11.5. The van der Waals surface area contributed by atoms with E-state index < -0.39 is 11.5 Å². The van der Waals surface area contributed by atoms with Crippen LogP contribution in [0.15, 0.2) is 0 Å². The third-order valence-electron chi connectivity index (χ3n) is 4.32. The molecule has 1 saturated heterocycles. The molecule has 0 spiro atoms. The van der Waals surface area contributed by atoms with Crippen LogP contribution in [0.25, 0.3) is 0 Å². The number of aliphatic carboxylic acids is 1. The Balaban J connectivity index is 2.55. The number of hydrogen-bond acceptors (Lipinski definition) is 4. The van der Waals surface area contributed by atoms with Crippen LogP contribution in [0.5, 0.6) is 0 Å². The van der Waals surface area contributed by atoms with E-state index in [-0.39, 0.29) is 0 Å². The molecule has 1 rings (SSSR count). The molecule has 5 nitrogen and oxygen atoms in total. The second-order valence-corrected chi connectivity index (χ2v) is 6.31. The molecule has 0 aliphatic carbocycles. The van der Waals surface area contributed by atoms with Crippen LogP contribution in [-0.2, 0) is 4.79 Å². The van der Waals surface area contributed by atoms with Crippen LogP contribution < -0.4 is 5.32 Å². The minimum Gasteiger partial charge on any atom is -0.480 e. The van der Waals surface area contributed by atoms with Crippen LogP contribution in [0.4, 0.5) is 0 Å². The number of hydrogen-bond donors (Lipinski definition) is 2. The summed E-state index contributed by atoms with van der Waals surface area (Å²) in [6.45, 7) is 10.9. The fraction of sp³-hybridized carbons (Fsp3) is 0.933. The maximum absolute atomic E-state index is 11.5. The molecule has 2 unspecified atom stereocenters. The lowest BCUT2D eigenvalue weighted by atomic mass is 9.97. The number of carboxylic acid groups (broad SMARTS) is 1. The van der Waals surface area contributed by atoms with Gasteiger partial charge in [-0.15, -0.1) is 0 Å². The highest BCUT2D eigenvalue weighted by Crippen LogP contribution is 2.15. The van der Waals surface area contributed by atoms with Gasteiger partial charge in [0, 0.05) is 19.1 Å². The van der Waals surface area contributed by atoms with Gasteiger partial charge in [-0.1, -0.05) is 6.92 Å². The Morgan fingerprint density at radius 1 is 1.45 bits per heavy atom. The second kappa shape index (κ2) is 7.96. The molecule has 0 amide bonds. The van der Waals surface area contributed by atoms with Crippen LogP contribution in [0.2, 0.25) is 0 Å². The van der Waals surface area contributed by atoms with E-state index in [2.05, 4.69) is 36.0 Å². The average Bonchev–Trinajstić information content (AvgIpc) is 2.54. The van der Waals surface area contributed by atoms with Crippen molar-refractivity contribution in [3.63, 3.8) is 0 Å². The number of nitrogens with zero attached hydrogens (tertiary/aromatic N) is 2. The van der Waals surface area contributed by atoms with Gasteiger partial charge >= 0.3 is 5.97 Å². The van der Waals surface area contributed by atoms with E-state index in [1.807, 2.05) is 0 Å². The molecule has 2 N–H and O–H groups in total. The van der Waals surface area contributed by atoms with Gasteiger partial charge in [0.15, 0.2) is 0 Å². The Hall–Kier alpha value is -0.650. The molecule has 5 heteroatoms. The lowest BCUT2D eigenvalue weighted by molar-refractivity contribution is -0.144. The van der Waals surface area contributed by atoms with Gasteiger partial charge in [-0.3, -0.25) is 9.69 Å². The van der Waals surface area contributed by atoms with Gasteiger partial charge in [0.25, 0.3) is 0 Å². The van der Waals surface area contributed by atoms with Crippen LogP contribution in [0.3, 0.4) is 0 Å². The van der Waals surface area contributed by atoms with Gasteiger partial charge in [-0.05, 0) is 59.8 Å². The Morgan fingerprint density at radius 3 is 2.75 bits per heavy atom. The first-order valence-corrected chi connectivity index (χ1v) is 7.80. The summed E-state index contributed by atoms with van der Waals surface area (Å²) in [5, 5.41) is 12.7. The van der Waals surface area contributed by atoms with Crippen molar-refractivity contribution < 1.29 is 9.90 Å². The molecule has 2 atom stereocenters. The highest BCUT2D eigenvalue weighted by atomic mass is 16.4. The van der Waals surface area contributed by atoms with E-state index in [0.29, 0.717) is 12.5 Å². The molecule has 0 aromatic rings. The number of likely N-dealkylation sites (N-methyl/N-ethyl adjacent to an activating group) is 1. The summed E-state index contributed by atoms with van der Waals surface area (Å²) in [5.41, 5.74) is -0.812. The first-order chi connectivity index (χ1) is 9.39. The van der Waals surface area contributed by atoms with Crippen molar-refractivity contribution >= 4 is 5.97 Å². The molecular formula is C15H31N3O2. The Bertz CT molecular complexity index is 311. The normalized spacial score (nSPS) is 25.1. The molecular weight excluding hydrogens is 254 g/mol. The van der Waals surface area contributed by atoms with Gasteiger partial charge in [0.1, 0.15) is 5.54 Å². The molecule has 1 aliphatic rings. The Kier molecular flexibility index (Phi) is 6.92. The molecule has 0 aromatic carbocycles. The SMILES string of the molecule is CCCNC(C)(CCN1CCCN(C)CC1C)C(=O)O. The second-order valence-electron chi connectivity index (χ2n) is 6.31.